The van der Waals surface area contributed by atoms with Crippen LogP contribution in [0.3, 0.4) is 0 Å². The number of nitrogens with one attached hydrogen (secondary N) is 1. The number of ether oxygens (including phenoxy) is 2. The summed E-state index contributed by atoms with van der Waals surface area (Å²) >= 11 is 5.30. The van der Waals surface area contributed by atoms with Gasteiger partial charge in [-0.05, 0) is 61.3 Å². The van der Waals surface area contributed by atoms with Gasteiger partial charge in [0.1, 0.15) is 5.57 Å². The highest BCUT2D eigenvalue weighted by atomic mass is 32.1. The topological polar surface area (TPSA) is 67.9 Å². The molecule has 1 saturated heterocycles. The first-order valence-corrected chi connectivity index (χ1v) is 11.0. The Kier molecular flexibility index (Phi) is 7.30. The lowest BCUT2D eigenvalue weighted by Crippen LogP contribution is -2.54. The number of carbonyl (C=O) groups excluding carboxylic acids is 2. The third-order valence-electron chi connectivity index (χ3n) is 5.34. The molecule has 2 aromatic rings. The minimum absolute atomic E-state index is 0.0335. The highest BCUT2D eigenvalue weighted by Gasteiger charge is 2.34. The average molecular weight is 453 g/mol. The number of hydrogen-bond acceptors (Lipinski definition) is 5. The third kappa shape index (κ3) is 4.83. The van der Waals surface area contributed by atoms with Crippen molar-refractivity contribution in [2.24, 2.45) is 0 Å². The molecule has 168 valence electrons. The molecule has 0 aromatic heterocycles. The Balaban J connectivity index is 2.03. The Morgan fingerprint density at radius 1 is 1.09 bits per heavy atom. The molecule has 0 spiro atoms. The smallest absolute Gasteiger partial charge is 0.270 e. The Morgan fingerprint density at radius 2 is 1.78 bits per heavy atom. The fraction of sp³-hybridized carbons (Fsp3) is 0.320. The SMILES string of the molecule is CC[C@@H](C)Oc1c(/C=C2\C(=O)NC(=S)N(c3ccc(C(C)C)cc3)C2=O)cccc1OC. The fourth-order valence-corrected chi connectivity index (χ4v) is 3.55. The Bertz CT molecular complexity index is 1060. The highest BCUT2D eigenvalue weighted by Crippen LogP contribution is 2.34. The van der Waals surface area contributed by atoms with E-state index in [1.54, 1.807) is 25.3 Å². The molecule has 1 heterocycles. The van der Waals surface area contributed by atoms with Gasteiger partial charge in [0.2, 0.25) is 0 Å². The zero-order valence-electron chi connectivity index (χ0n) is 19.0. The van der Waals surface area contributed by atoms with E-state index in [1.165, 1.54) is 11.0 Å². The Labute approximate surface area is 194 Å². The number of amides is 2. The van der Waals surface area contributed by atoms with Crippen molar-refractivity contribution in [3.63, 3.8) is 0 Å². The number of benzene rings is 2. The quantitative estimate of drug-likeness (QED) is 0.370. The lowest BCUT2D eigenvalue weighted by molar-refractivity contribution is -0.122. The molecular formula is C25H28N2O4S. The van der Waals surface area contributed by atoms with E-state index >= 15 is 0 Å². The lowest BCUT2D eigenvalue weighted by atomic mass is 10.0. The summed E-state index contributed by atoms with van der Waals surface area (Å²) in [5.41, 5.74) is 2.28. The number of anilines is 1. The molecule has 0 saturated carbocycles. The van der Waals surface area contributed by atoms with Crippen molar-refractivity contribution < 1.29 is 19.1 Å². The van der Waals surface area contributed by atoms with E-state index in [0.29, 0.717) is 28.7 Å². The normalized spacial score (nSPS) is 16.4. The van der Waals surface area contributed by atoms with E-state index in [9.17, 15) is 9.59 Å². The molecule has 0 unspecified atom stereocenters. The second-order valence-corrected chi connectivity index (χ2v) is 8.31. The van der Waals surface area contributed by atoms with Crippen molar-refractivity contribution in [2.75, 3.05) is 12.0 Å². The second kappa shape index (κ2) is 9.96. The van der Waals surface area contributed by atoms with Gasteiger partial charge in [0, 0.05) is 5.56 Å². The van der Waals surface area contributed by atoms with E-state index in [2.05, 4.69) is 19.2 Å². The molecule has 7 heteroatoms. The molecule has 2 aromatic carbocycles. The van der Waals surface area contributed by atoms with Gasteiger partial charge in [-0.3, -0.25) is 19.8 Å². The number of methoxy groups -OCH3 is 1. The zero-order valence-corrected chi connectivity index (χ0v) is 19.8. The summed E-state index contributed by atoms with van der Waals surface area (Å²) in [5, 5.41) is 2.68. The van der Waals surface area contributed by atoms with Crippen LogP contribution in [0, 0.1) is 0 Å². The first-order chi connectivity index (χ1) is 15.3. The monoisotopic (exact) mass is 452 g/mol. The van der Waals surface area contributed by atoms with E-state index in [4.69, 9.17) is 21.7 Å². The summed E-state index contributed by atoms with van der Waals surface area (Å²) in [6.45, 7) is 8.16. The second-order valence-electron chi connectivity index (χ2n) is 7.92. The first-order valence-electron chi connectivity index (χ1n) is 10.6. The van der Waals surface area contributed by atoms with Crippen molar-refractivity contribution in [3.8, 4) is 11.5 Å². The van der Waals surface area contributed by atoms with E-state index in [1.807, 2.05) is 38.1 Å². The maximum Gasteiger partial charge on any atom is 0.270 e. The standard InChI is InChI=1S/C25H28N2O4S/c1-6-16(4)31-22-18(8-7-9-21(22)30-5)14-20-23(28)26-25(32)27(24(20)29)19-12-10-17(11-13-19)15(2)3/h7-16H,6H2,1-5H3,(H,26,28,32)/b20-14+/t16-/m1/s1. The molecule has 1 N–H and O–H groups in total. The number of carbonyl (C=O) groups is 2. The van der Waals surface area contributed by atoms with Crippen LogP contribution in [0.4, 0.5) is 5.69 Å². The van der Waals surface area contributed by atoms with Crippen LogP contribution < -0.4 is 19.7 Å². The molecule has 0 radical (unpaired) electrons. The number of thiocarbonyl (C=S) groups is 1. The fourth-order valence-electron chi connectivity index (χ4n) is 3.27. The Morgan fingerprint density at radius 3 is 2.38 bits per heavy atom. The summed E-state index contributed by atoms with van der Waals surface area (Å²) < 4.78 is 11.5. The molecule has 2 amide bonds. The van der Waals surface area contributed by atoms with Crippen LogP contribution in [0.15, 0.2) is 48.0 Å². The number of hydrogen-bond donors (Lipinski definition) is 1. The molecule has 0 bridgehead atoms. The lowest BCUT2D eigenvalue weighted by Gasteiger charge is -2.29. The molecule has 1 fully saturated rings. The first kappa shape index (κ1) is 23.5. The summed E-state index contributed by atoms with van der Waals surface area (Å²) in [6, 6.07) is 12.9. The molecule has 32 heavy (non-hydrogen) atoms. The summed E-state index contributed by atoms with van der Waals surface area (Å²) in [5.74, 6) is 0.333. The van der Waals surface area contributed by atoms with Crippen LogP contribution in [0.5, 0.6) is 11.5 Å². The number of rotatable bonds is 7. The van der Waals surface area contributed by atoms with Gasteiger partial charge < -0.3 is 9.47 Å². The minimum Gasteiger partial charge on any atom is -0.493 e. The van der Waals surface area contributed by atoms with Crippen molar-refractivity contribution >= 4 is 40.9 Å². The van der Waals surface area contributed by atoms with Gasteiger partial charge in [0.25, 0.3) is 11.8 Å². The van der Waals surface area contributed by atoms with Gasteiger partial charge in [0.05, 0.1) is 18.9 Å². The highest BCUT2D eigenvalue weighted by molar-refractivity contribution is 7.80. The van der Waals surface area contributed by atoms with Gasteiger partial charge in [-0.25, -0.2) is 0 Å². The van der Waals surface area contributed by atoms with Crippen molar-refractivity contribution in [2.45, 2.75) is 46.1 Å². The van der Waals surface area contributed by atoms with Crippen LogP contribution in [0.2, 0.25) is 0 Å². The van der Waals surface area contributed by atoms with Crippen molar-refractivity contribution in [3.05, 3.63) is 59.2 Å². The van der Waals surface area contributed by atoms with Gasteiger partial charge in [0.15, 0.2) is 16.6 Å². The predicted octanol–water partition coefficient (Wildman–Crippen LogP) is 4.83. The van der Waals surface area contributed by atoms with Gasteiger partial charge in [-0.1, -0.05) is 45.0 Å². The van der Waals surface area contributed by atoms with Crippen LogP contribution in [0.1, 0.15) is 51.2 Å². The van der Waals surface area contributed by atoms with E-state index in [0.717, 1.165) is 12.0 Å². The number of para-hydroxylation sites is 1. The van der Waals surface area contributed by atoms with E-state index in [-0.39, 0.29) is 16.8 Å². The van der Waals surface area contributed by atoms with Gasteiger partial charge in [-0.15, -0.1) is 0 Å². The molecule has 3 rings (SSSR count). The van der Waals surface area contributed by atoms with Crippen LogP contribution in [-0.4, -0.2) is 30.1 Å². The maximum atomic E-state index is 13.4. The van der Waals surface area contributed by atoms with Crippen LogP contribution in [-0.2, 0) is 9.59 Å². The molecule has 1 atom stereocenters. The summed E-state index contributed by atoms with van der Waals surface area (Å²) in [7, 11) is 1.55. The van der Waals surface area contributed by atoms with Crippen LogP contribution >= 0.6 is 12.2 Å². The summed E-state index contributed by atoms with van der Waals surface area (Å²) in [6.07, 6.45) is 2.25. The molecule has 6 nitrogen and oxygen atoms in total. The van der Waals surface area contributed by atoms with Gasteiger partial charge in [-0.2, -0.15) is 0 Å². The Hall–Kier alpha value is -3.19. The largest absolute Gasteiger partial charge is 0.493 e. The third-order valence-corrected chi connectivity index (χ3v) is 5.63. The molecular weight excluding hydrogens is 424 g/mol. The van der Waals surface area contributed by atoms with Crippen LogP contribution in [0.25, 0.3) is 6.08 Å². The average Bonchev–Trinajstić information content (AvgIpc) is 2.77. The molecule has 1 aliphatic rings. The molecule has 1 aliphatic heterocycles. The van der Waals surface area contributed by atoms with Crippen molar-refractivity contribution in [1.82, 2.24) is 5.32 Å². The van der Waals surface area contributed by atoms with E-state index < -0.39 is 11.8 Å². The predicted molar refractivity (Wildman–Crippen MR) is 130 cm³/mol. The van der Waals surface area contributed by atoms with Gasteiger partial charge >= 0.3 is 0 Å². The van der Waals surface area contributed by atoms with Crippen molar-refractivity contribution in [1.29, 1.82) is 0 Å². The zero-order chi connectivity index (χ0) is 23.4. The summed E-state index contributed by atoms with van der Waals surface area (Å²) in [4.78, 5) is 27.4. The minimum atomic E-state index is -0.549. The number of nitrogens with zero attached hydrogens (tertiary/aromatic N) is 1. The molecule has 0 aliphatic carbocycles. The maximum absolute atomic E-state index is 13.4.